The molecule has 1 heterocycles. The summed E-state index contributed by atoms with van der Waals surface area (Å²) in [5, 5.41) is 0. The molecule has 1 atom stereocenters. The average molecular weight is 438 g/mol. The van der Waals surface area contributed by atoms with Crippen molar-refractivity contribution in [3.8, 4) is 11.3 Å². The van der Waals surface area contributed by atoms with Gasteiger partial charge in [0.15, 0.2) is 0 Å². The topological polar surface area (TPSA) is 39.2 Å². The third-order valence-electron chi connectivity index (χ3n) is 6.04. The van der Waals surface area contributed by atoms with Gasteiger partial charge in [-0.15, -0.1) is 0 Å². The van der Waals surface area contributed by atoms with Crippen molar-refractivity contribution in [2.45, 2.75) is 98.5 Å². The van der Waals surface area contributed by atoms with E-state index in [4.69, 9.17) is 4.74 Å². The lowest BCUT2D eigenvalue weighted by atomic mass is 9.97. The molecule has 0 unspecified atom stereocenters. The molecule has 3 heteroatoms. The van der Waals surface area contributed by atoms with Crippen LogP contribution in [0.1, 0.15) is 96.6 Å². The fraction of sp³-hybridized carbons (Fsp3) is 0.586. The zero-order chi connectivity index (χ0) is 23.2. The Balaban J connectivity index is 1.73. The molecule has 2 aromatic rings. The van der Waals surface area contributed by atoms with E-state index in [9.17, 15) is 4.79 Å². The van der Waals surface area contributed by atoms with E-state index in [2.05, 4.69) is 56.9 Å². The smallest absolute Gasteiger partial charge is 0.306 e. The number of carbonyl (C=O) groups is 1. The minimum Gasteiger partial charge on any atom is -0.461 e. The molecule has 0 fully saturated rings. The summed E-state index contributed by atoms with van der Waals surface area (Å²) in [6, 6.07) is 12.5. The van der Waals surface area contributed by atoms with Crippen molar-refractivity contribution in [1.29, 1.82) is 0 Å². The number of ether oxygens (including phenoxy) is 1. The summed E-state index contributed by atoms with van der Waals surface area (Å²) >= 11 is 0. The number of aryl methyl sites for hydroxylation is 1. The second-order valence-electron chi connectivity index (χ2n) is 9.71. The number of esters is 1. The van der Waals surface area contributed by atoms with Gasteiger partial charge in [0.05, 0.1) is 5.69 Å². The van der Waals surface area contributed by atoms with Crippen molar-refractivity contribution < 1.29 is 9.53 Å². The van der Waals surface area contributed by atoms with Crippen molar-refractivity contribution in [3.05, 3.63) is 53.7 Å². The van der Waals surface area contributed by atoms with Crippen LogP contribution in [0, 0.1) is 11.8 Å². The van der Waals surface area contributed by atoms with Crippen LogP contribution in [0.15, 0.2) is 42.6 Å². The molecule has 176 valence electrons. The Kier molecular flexibility index (Phi) is 12.1. The number of aromatic nitrogens is 1. The molecule has 0 spiro atoms. The van der Waals surface area contributed by atoms with Crippen LogP contribution >= 0.6 is 0 Å². The molecule has 1 aromatic heterocycles. The molecule has 2 rings (SSSR count). The van der Waals surface area contributed by atoms with Gasteiger partial charge in [-0.1, -0.05) is 103 Å². The molecule has 0 saturated heterocycles. The van der Waals surface area contributed by atoms with Crippen molar-refractivity contribution in [2.75, 3.05) is 0 Å². The van der Waals surface area contributed by atoms with Gasteiger partial charge >= 0.3 is 5.97 Å². The van der Waals surface area contributed by atoms with E-state index in [0.717, 1.165) is 35.6 Å². The van der Waals surface area contributed by atoms with Crippen LogP contribution in [-0.4, -0.2) is 11.0 Å². The highest BCUT2D eigenvalue weighted by Gasteiger charge is 2.11. The number of hydrogen-bond acceptors (Lipinski definition) is 3. The summed E-state index contributed by atoms with van der Waals surface area (Å²) in [5.74, 6) is 1.01. The fourth-order valence-electron chi connectivity index (χ4n) is 3.93. The van der Waals surface area contributed by atoms with Gasteiger partial charge in [0, 0.05) is 18.2 Å². The highest BCUT2D eigenvalue weighted by atomic mass is 16.5. The van der Waals surface area contributed by atoms with Gasteiger partial charge in [-0.05, 0) is 41.9 Å². The Morgan fingerprint density at radius 2 is 1.59 bits per heavy atom. The van der Waals surface area contributed by atoms with Crippen LogP contribution in [0.5, 0.6) is 0 Å². The van der Waals surface area contributed by atoms with E-state index in [0.29, 0.717) is 18.9 Å². The minimum absolute atomic E-state index is 0.0990. The molecule has 0 aliphatic rings. The summed E-state index contributed by atoms with van der Waals surface area (Å²) in [6.07, 6.45) is 13.6. The first-order chi connectivity index (χ1) is 15.5. The van der Waals surface area contributed by atoms with Crippen LogP contribution in [0.25, 0.3) is 11.3 Å². The predicted molar refractivity (Wildman–Crippen MR) is 134 cm³/mol. The first-order valence-electron chi connectivity index (χ1n) is 12.7. The molecule has 3 nitrogen and oxygen atoms in total. The predicted octanol–water partition coefficient (Wildman–Crippen LogP) is 8.16. The van der Waals surface area contributed by atoms with Crippen molar-refractivity contribution in [1.82, 2.24) is 4.98 Å². The molecule has 1 aromatic carbocycles. The van der Waals surface area contributed by atoms with E-state index < -0.39 is 0 Å². The summed E-state index contributed by atoms with van der Waals surface area (Å²) in [7, 11) is 0. The molecule has 0 radical (unpaired) electrons. The quantitative estimate of drug-likeness (QED) is 0.208. The van der Waals surface area contributed by atoms with Crippen molar-refractivity contribution in [3.63, 3.8) is 0 Å². The third kappa shape index (κ3) is 10.4. The number of nitrogens with zero attached hydrogens (tertiary/aromatic N) is 1. The highest BCUT2D eigenvalue weighted by Crippen LogP contribution is 2.20. The molecule has 0 saturated carbocycles. The highest BCUT2D eigenvalue weighted by molar-refractivity contribution is 5.69. The van der Waals surface area contributed by atoms with Crippen LogP contribution in [0.2, 0.25) is 0 Å². The second-order valence-corrected chi connectivity index (χ2v) is 9.71. The molecule has 0 aliphatic heterocycles. The summed E-state index contributed by atoms with van der Waals surface area (Å²) in [5.41, 5.74) is 4.40. The van der Waals surface area contributed by atoms with Crippen LogP contribution in [-0.2, 0) is 22.6 Å². The van der Waals surface area contributed by atoms with Crippen LogP contribution in [0.3, 0.4) is 0 Å². The standard InChI is InChI=1S/C29H43NO2/c1-5-6-7-8-9-13-25-16-19-28(30-21-25)27-17-14-26(15-18-27)22-32-29(31)20-24(4)12-10-11-23(2)3/h14-19,21,23-24H,5-13,20,22H2,1-4H3/t24-/m0/s1. The second kappa shape index (κ2) is 14.8. The van der Waals surface area contributed by atoms with E-state index in [1.807, 2.05) is 18.3 Å². The Morgan fingerprint density at radius 1 is 0.875 bits per heavy atom. The number of carbonyl (C=O) groups excluding carboxylic acids is 1. The molecule has 0 aliphatic carbocycles. The zero-order valence-corrected chi connectivity index (χ0v) is 20.7. The Morgan fingerprint density at radius 3 is 2.25 bits per heavy atom. The van der Waals surface area contributed by atoms with Crippen LogP contribution < -0.4 is 0 Å². The molecular formula is C29H43NO2. The summed E-state index contributed by atoms with van der Waals surface area (Å²) in [6.45, 7) is 9.21. The first-order valence-corrected chi connectivity index (χ1v) is 12.7. The summed E-state index contributed by atoms with van der Waals surface area (Å²) in [4.78, 5) is 16.8. The van der Waals surface area contributed by atoms with E-state index >= 15 is 0 Å². The SMILES string of the molecule is CCCCCCCc1ccc(-c2ccc(COC(=O)C[C@@H](C)CCCC(C)C)cc2)nc1. The monoisotopic (exact) mass is 437 g/mol. The normalized spacial score (nSPS) is 12.2. The van der Waals surface area contributed by atoms with E-state index in [1.54, 1.807) is 0 Å². The molecule has 0 bridgehead atoms. The fourth-order valence-corrected chi connectivity index (χ4v) is 3.93. The van der Waals surface area contributed by atoms with Gasteiger partial charge < -0.3 is 4.74 Å². The van der Waals surface area contributed by atoms with Gasteiger partial charge in [-0.3, -0.25) is 9.78 Å². The lowest BCUT2D eigenvalue weighted by molar-refractivity contribution is -0.146. The Labute approximate surface area is 196 Å². The first kappa shape index (κ1) is 26.1. The van der Waals surface area contributed by atoms with Crippen molar-refractivity contribution in [2.24, 2.45) is 11.8 Å². The number of hydrogen-bond donors (Lipinski definition) is 0. The minimum atomic E-state index is -0.0990. The van der Waals surface area contributed by atoms with Gasteiger partial charge in [-0.25, -0.2) is 0 Å². The lowest BCUT2D eigenvalue weighted by Crippen LogP contribution is -2.10. The number of rotatable bonds is 15. The van der Waals surface area contributed by atoms with Gasteiger partial charge in [-0.2, -0.15) is 0 Å². The summed E-state index contributed by atoms with van der Waals surface area (Å²) < 4.78 is 5.49. The molecule has 0 N–H and O–H groups in total. The maximum atomic E-state index is 12.1. The number of benzene rings is 1. The Hall–Kier alpha value is -2.16. The van der Waals surface area contributed by atoms with Crippen molar-refractivity contribution >= 4 is 5.97 Å². The zero-order valence-electron chi connectivity index (χ0n) is 20.7. The van der Waals surface area contributed by atoms with Gasteiger partial charge in [0.25, 0.3) is 0 Å². The molecule has 32 heavy (non-hydrogen) atoms. The number of pyridine rings is 1. The van der Waals surface area contributed by atoms with Crippen LogP contribution in [0.4, 0.5) is 0 Å². The van der Waals surface area contributed by atoms with E-state index in [1.165, 1.54) is 50.5 Å². The lowest BCUT2D eigenvalue weighted by Gasteiger charge is -2.12. The maximum absolute atomic E-state index is 12.1. The maximum Gasteiger partial charge on any atom is 0.306 e. The van der Waals surface area contributed by atoms with Gasteiger partial charge in [0.2, 0.25) is 0 Å². The largest absolute Gasteiger partial charge is 0.461 e. The van der Waals surface area contributed by atoms with E-state index in [-0.39, 0.29) is 5.97 Å². The Bertz CT molecular complexity index is 765. The number of unbranched alkanes of at least 4 members (excludes halogenated alkanes) is 4. The average Bonchev–Trinajstić information content (AvgIpc) is 2.78. The third-order valence-corrected chi connectivity index (χ3v) is 6.04. The molecular weight excluding hydrogens is 394 g/mol. The molecule has 0 amide bonds. The van der Waals surface area contributed by atoms with Gasteiger partial charge in [0.1, 0.15) is 6.61 Å².